The van der Waals surface area contributed by atoms with Crippen LogP contribution in [0.2, 0.25) is 0 Å². The quantitative estimate of drug-likeness (QED) is 0.606. The number of methoxy groups -OCH3 is 2. The molecular weight excluding hydrogens is 248 g/mol. The van der Waals surface area contributed by atoms with Crippen LogP contribution in [0.4, 0.5) is 0 Å². The van der Waals surface area contributed by atoms with Gasteiger partial charge < -0.3 is 9.47 Å². The van der Waals surface area contributed by atoms with Crippen molar-refractivity contribution in [1.29, 1.82) is 0 Å². The molecule has 0 aromatic heterocycles. The molecule has 0 bridgehead atoms. The molecule has 1 rings (SSSR count). The lowest BCUT2D eigenvalue weighted by molar-refractivity contribution is -0.224. The summed E-state index contributed by atoms with van der Waals surface area (Å²) in [6.45, 7) is 7.23. The van der Waals surface area contributed by atoms with Crippen LogP contribution in [0.15, 0.2) is 18.2 Å². The van der Waals surface area contributed by atoms with Crippen LogP contribution in [-0.4, -0.2) is 20.2 Å². The van der Waals surface area contributed by atoms with Gasteiger partial charge in [0.25, 0.3) is 0 Å². The Morgan fingerprint density at radius 3 is 2.26 bits per heavy atom. The molecule has 1 radical (unpaired) electrons. The molecule has 5 nitrogen and oxygen atoms in total. The van der Waals surface area contributed by atoms with E-state index in [2.05, 4.69) is 4.89 Å². The smallest absolute Gasteiger partial charge is 0.373 e. The summed E-state index contributed by atoms with van der Waals surface area (Å²) in [5.74, 6) is 0.402. The molecule has 1 aromatic carbocycles. The second kappa shape index (κ2) is 6.43. The molecule has 105 valence electrons. The van der Waals surface area contributed by atoms with Gasteiger partial charge in [-0.2, -0.15) is 4.89 Å². The molecule has 0 aliphatic rings. The minimum absolute atomic E-state index is 0.197. The minimum Gasteiger partial charge on any atom is -0.493 e. The first-order valence-corrected chi connectivity index (χ1v) is 5.81. The van der Waals surface area contributed by atoms with Crippen LogP contribution >= 0.6 is 0 Å². The van der Waals surface area contributed by atoms with Crippen molar-refractivity contribution in [2.45, 2.75) is 20.8 Å². The SMILES string of the molecule is COc1ccc(C(=O)OO[CH]C(C)(C)C)cc1OC. The standard InChI is InChI=1S/C14H19O5/c1-14(2,3)9-18-19-13(15)10-6-7-11(16-4)12(8-10)17-5/h6-9H,1-5H3. The van der Waals surface area contributed by atoms with Gasteiger partial charge in [-0.1, -0.05) is 20.8 Å². The number of carbonyl (C=O) groups is 1. The van der Waals surface area contributed by atoms with Gasteiger partial charge in [0.1, 0.15) is 6.61 Å². The van der Waals surface area contributed by atoms with Crippen LogP contribution in [0.3, 0.4) is 0 Å². The fourth-order valence-corrected chi connectivity index (χ4v) is 1.22. The lowest BCUT2D eigenvalue weighted by Crippen LogP contribution is -2.12. The van der Waals surface area contributed by atoms with E-state index in [1.165, 1.54) is 26.9 Å². The van der Waals surface area contributed by atoms with E-state index in [1.807, 2.05) is 20.8 Å². The molecular formula is C14H19O5. The van der Waals surface area contributed by atoms with Crippen molar-refractivity contribution < 1.29 is 24.0 Å². The highest BCUT2D eigenvalue weighted by Gasteiger charge is 2.16. The first-order valence-electron chi connectivity index (χ1n) is 5.81. The van der Waals surface area contributed by atoms with Crippen LogP contribution in [0, 0.1) is 12.0 Å². The predicted octanol–water partition coefficient (Wildman–Crippen LogP) is 3.00. The third kappa shape index (κ3) is 4.79. The van der Waals surface area contributed by atoms with Gasteiger partial charge in [0.15, 0.2) is 11.5 Å². The summed E-state index contributed by atoms with van der Waals surface area (Å²) in [4.78, 5) is 21.2. The normalized spacial score (nSPS) is 11.0. The molecule has 0 amide bonds. The maximum atomic E-state index is 11.7. The second-order valence-corrected chi connectivity index (χ2v) is 5.02. The third-order valence-corrected chi connectivity index (χ3v) is 2.14. The van der Waals surface area contributed by atoms with Crippen molar-refractivity contribution in [3.05, 3.63) is 30.4 Å². The summed E-state index contributed by atoms with van der Waals surface area (Å²) in [5.41, 5.74) is 0.123. The Labute approximate surface area is 113 Å². The molecule has 19 heavy (non-hydrogen) atoms. The maximum absolute atomic E-state index is 11.7. The second-order valence-electron chi connectivity index (χ2n) is 5.02. The fourth-order valence-electron chi connectivity index (χ4n) is 1.22. The number of carbonyl (C=O) groups excluding carboxylic acids is 1. The Bertz CT molecular complexity index is 434. The Kier molecular flexibility index (Phi) is 5.18. The topological polar surface area (TPSA) is 54.0 Å². The molecule has 0 spiro atoms. The monoisotopic (exact) mass is 267 g/mol. The van der Waals surface area contributed by atoms with Gasteiger partial charge in [-0.15, -0.1) is 0 Å². The molecule has 0 heterocycles. The van der Waals surface area contributed by atoms with Gasteiger partial charge in [0.2, 0.25) is 0 Å². The Hall–Kier alpha value is -1.75. The van der Waals surface area contributed by atoms with Crippen molar-refractivity contribution in [2.75, 3.05) is 14.2 Å². The molecule has 0 fully saturated rings. The molecule has 0 saturated carbocycles. The summed E-state index contributed by atoms with van der Waals surface area (Å²) in [6, 6.07) is 4.73. The largest absolute Gasteiger partial charge is 0.493 e. The summed E-state index contributed by atoms with van der Waals surface area (Å²) < 4.78 is 10.2. The first-order chi connectivity index (χ1) is 8.87. The maximum Gasteiger partial charge on any atom is 0.373 e. The predicted molar refractivity (Wildman–Crippen MR) is 69.8 cm³/mol. The minimum atomic E-state index is -0.596. The first kappa shape index (κ1) is 15.3. The van der Waals surface area contributed by atoms with E-state index in [1.54, 1.807) is 12.1 Å². The molecule has 0 aliphatic heterocycles. The zero-order valence-corrected chi connectivity index (χ0v) is 11.9. The van der Waals surface area contributed by atoms with Crippen LogP contribution < -0.4 is 9.47 Å². The number of ether oxygens (including phenoxy) is 2. The van der Waals surface area contributed by atoms with E-state index in [4.69, 9.17) is 14.4 Å². The zero-order valence-electron chi connectivity index (χ0n) is 11.9. The number of rotatable bonds is 5. The average molecular weight is 267 g/mol. The Balaban J connectivity index is 2.67. The van der Waals surface area contributed by atoms with Gasteiger partial charge in [-0.05, 0) is 23.6 Å². The van der Waals surface area contributed by atoms with Crippen molar-refractivity contribution in [3.63, 3.8) is 0 Å². The molecule has 1 aromatic rings. The summed E-state index contributed by atoms with van der Waals surface area (Å²) in [6.07, 6.45) is 0. The van der Waals surface area contributed by atoms with E-state index in [0.717, 1.165) is 0 Å². The molecule has 0 N–H and O–H groups in total. The highest BCUT2D eigenvalue weighted by atomic mass is 17.2. The molecule has 0 saturated heterocycles. The van der Waals surface area contributed by atoms with E-state index >= 15 is 0 Å². The fraction of sp³-hybridized carbons (Fsp3) is 0.429. The van der Waals surface area contributed by atoms with Crippen molar-refractivity contribution in [2.24, 2.45) is 5.41 Å². The van der Waals surface area contributed by atoms with Gasteiger partial charge in [-0.3, -0.25) is 4.89 Å². The highest BCUT2D eigenvalue weighted by Crippen LogP contribution is 2.28. The van der Waals surface area contributed by atoms with Gasteiger partial charge in [-0.25, -0.2) is 4.79 Å². The molecule has 0 unspecified atom stereocenters. The van der Waals surface area contributed by atoms with Gasteiger partial charge >= 0.3 is 5.97 Å². The lowest BCUT2D eigenvalue weighted by Gasteiger charge is -2.15. The average Bonchev–Trinajstić information content (AvgIpc) is 2.36. The van der Waals surface area contributed by atoms with Crippen LogP contribution in [0.1, 0.15) is 31.1 Å². The van der Waals surface area contributed by atoms with Crippen LogP contribution in [0.25, 0.3) is 0 Å². The third-order valence-electron chi connectivity index (χ3n) is 2.14. The summed E-state index contributed by atoms with van der Waals surface area (Å²) in [5, 5.41) is 0. The van der Waals surface area contributed by atoms with Crippen LogP contribution in [-0.2, 0) is 9.78 Å². The number of benzene rings is 1. The molecule has 0 aliphatic carbocycles. The van der Waals surface area contributed by atoms with E-state index in [0.29, 0.717) is 17.1 Å². The van der Waals surface area contributed by atoms with Gasteiger partial charge in [0.05, 0.1) is 19.8 Å². The highest BCUT2D eigenvalue weighted by molar-refractivity contribution is 5.89. The Morgan fingerprint density at radius 1 is 1.11 bits per heavy atom. The Morgan fingerprint density at radius 2 is 1.74 bits per heavy atom. The number of hydrogen-bond donors (Lipinski definition) is 0. The van der Waals surface area contributed by atoms with Crippen molar-refractivity contribution >= 4 is 5.97 Å². The molecule has 5 heteroatoms. The lowest BCUT2D eigenvalue weighted by atomic mass is 9.99. The van der Waals surface area contributed by atoms with Crippen molar-refractivity contribution in [1.82, 2.24) is 0 Å². The van der Waals surface area contributed by atoms with Crippen LogP contribution in [0.5, 0.6) is 11.5 Å². The summed E-state index contributed by atoms with van der Waals surface area (Å²) >= 11 is 0. The van der Waals surface area contributed by atoms with Gasteiger partial charge in [0, 0.05) is 0 Å². The van der Waals surface area contributed by atoms with E-state index < -0.39 is 5.97 Å². The van der Waals surface area contributed by atoms with E-state index in [-0.39, 0.29) is 5.41 Å². The zero-order chi connectivity index (χ0) is 14.5. The number of hydrogen-bond acceptors (Lipinski definition) is 5. The molecule has 0 atom stereocenters. The van der Waals surface area contributed by atoms with Crippen molar-refractivity contribution in [3.8, 4) is 11.5 Å². The summed E-state index contributed by atoms with van der Waals surface area (Å²) in [7, 11) is 3.02. The van der Waals surface area contributed by atoms with E-state index in [9.17, 15) is 4.79 Å².